The van der Waals surface area contributed by atoms with E-state index in [2.05, 4.69) is 15.3 Å². The third-order valence-electron chi connectivity index (χ3n) is 4.69. The van der Waals surface area contributed by atoms with Crippen molar-refractivity contribution >= 4 is 16.9 Å². The molecule has 0 saturated carbocycles. The van der Waals surface area contributed by atoms with E-state index in [0.29, 0.717) is 37.9 Å². The summed E-state index contributed by atoms with van der Waals surface area (Å²) in [5.74, 6) is 1.26. The molecular formula is C20H20FN3O2. The number of benzene rings is 2. The van der Waals surface area contributed by atoms with Crippen molar-refractivity contribution < 1.29 is 13.9 Å². The van der Waals surface area contributed by atoms with Crippen molar-refractivity contribution in [2.45, 2.75) is 19.3 Å². The summed E-state index contributed by atoms with van der Waals surface area (Å²) in [4.78, 5) is 20.0. The number of nitrogens with one attached hydrogen (secondary N) is 2. The monoisotopic (exact) mass is 353 g/mol. The van der Waals surface area contributed by atoms with Gasteiger partial charge < -0.3 is 15.0 Å². The van der Waals surface area contributed by atoms with E-state index in [4.69, 9.17) is 4.74 Å². The van der Waals surface area contributed by atoms with Gasteiger partial charge in [-0.15, -0.1) is 0 Å². The molecule has 1 aromatic heterocycles. The number of hydrogen-bond acceptors (Lipinski definition) is 3. The molecular weight excluding hydrogens is 333 g/mol. The first kappa shape index (κ1) is 16.6. The van der Waals surface area contributed by atoms with Crippen LogP contribution in [0.4, 0.5) is 4.39 Å². The Bertz CT molecular complexity index is 938. The van der Waals surface area contributed by atoms with E-state index in [1.807, 2.05) is 24.3 Å². The number of aromatic amines is 1. The maximum absolute atomic E-state index is 13.2. The largest absolute Gasteiger partial charge is 0.493 e. The number of halogens is 1. The average molecular weight is 353 g/mol. The summed E-state index contributed by atoms with van der Waals surface area (Å²) in [5.41, 5.74) is 2.47. The minimum atomic E-state index is -0.295. The summed E-state index contributed by atoms with van der Waals surface area (Å²) in [5, 5.41) is 2.99. The first-order valence-electron chi connectivity index (χ1n) is 8.81. The van der Waals surface area contributed by atoms with Crippen molar-refractivity contribution in [2.75, 3.05) is 13.2 Å². The van der Waals surface area contributed by atoms with Gasteiger partial charge in [0.1, 0.15) is 17.4 Å². The van der Waals surface area contributed by atoms with Crippen LogP contribution in [0.5, 0.6) is 5.75 Å². The van der Waals surface area contributed by atoms with Crippen LogP contribution in [0.3, 0.4) is 0 Å². The van der Waals surface area contributed by atoms with Gasteiger partial charge in [-0.25, -0.2) is 9.37 Å². The van der Waals surface area contributed by atoms with E-state index in [-0.39, 0.29) is 17.6 Å². The molecule has 134 valence electrons. The van der Waals surface area contributed by atoms with Gasteiger partial charge in [-0.3, -0.25) is 4.79 Å². The van der Waals surface area contributed by atoms with Crippen LogP contribution in [0.25, 0.3) is 11.0 Å². The quantitative estimate of drug-likeness (QED) is 0.758. The summed E-state index contributed by atoms with van der Waals surface area (Å²) >= 11 is 0. The molecule has 2 N–H and O–H groups in total. The van der Waals surface area contributed by atoms with E-state index in [1.165, 1.54) is 12.1 Å². The summed E-state index contributed by atoms with van der Waals surface area (Å²) in [6, 6.07) is 12.3. The number of carbonyl (C=O) groups is 1. The second-order valence-electron chi connectivity index (χ2n) is 6.53. The summed E-state index contributed by atoms with van der Waals surface area (Å²) in [6.45, 7) is 1.03. The molecule has 2 aromatic carbocycles. The Kier molecular flexibility index (Phi) is 4.56. The molecule has 3 aromatic rings. The molecule has 1 unspecified atom stereocenters. The number of amides is 1. The van der Waals surface area contributed by atoms with Crippen LogP contribution in [-0.2, 0) is 17.6 Å². The molecule has 0 bridgehead atoms. The topological polar surface area (TPSA) is 67.0 Å². The highest BCUT2D eigenvalue weighted by Crippen LogP contribution is 2.26. The SMILES string of the molecule is O=C(NCCc1nc2ccc(F)cc2[nH]1)C1CCOc2ccccc2C1. The van der Waals surface area contributed by atoms with Crippen LogP contribution >= 0.6 is 0 Å². The van der Waals surface area contributed by atoms with Crippen LogP contribution in [0.2, 0.25) is 0 Å². The predicted octanol–water partition coefficient (Wildman–Crippen LogP) is 3.00. The Hall–Kier alpha value is -2.89. The molecule has 2 heterocycles. The van der Waals surface area contributed by atoms with E-state index < -0.39 is 0 Å². The molecule has 0 radical (unpaired) electrons. The fourth-order valence-electron chi connectivity index (χ4n) is 3.32. The first-order valence-corrected chi connectivity index (χ1v) is 8.81. The van der Waals surface area contributed by atoms with Crippen LogP contribution in [-0.4, -0.2) is 29.0 Å². The van der Waals surface area contributed by atoms with Crippen LogP contribution in [0, 0.1) is 11.7 Å². The number of H-pyrrole nitrogens is 1. The minimum Gasteiger partial charge on any atom is -0.493 e. The molecule has 26 heavy (non-hydrogen) atoms. The third kappa shape index (κ3) is 3.54. The number of aromatic nitrogens is 2. The maximum Gasteiger partial charge on any atom is 0.223 e. The third-order valence-corrected chi connectivity index (χ3v) is 4.69. The van der Waals surface area contributed by atoms with Gasteiger partial charge in [0, 0.05) is 18.9 Å². The molecule has 0 saturated heterocycles. The van der Waals surface area contributed by atoms with Crippen LogP contribution in [0.1, 0.15) is 17.8 Å². The Morgan fingerprint density at radius 2 is 2.19 bits per heavy atom. The molecule has 4 rings (SSSR count). The second kappa shape index (κ2) is 7.15. The lowest BCUT2D eigenvalue weighted by atomic mass is 9.96. The van der Waals surface area contributed by atoms with E-state index in [9.17, 15) is 9.18 Å². The zero-order valence-electron chi connectivity index (χ0n) is 14.3. The van der Waals surface area contributed by atoms with Gasteiger partial charge in [0.15, 0.2) is 0 Å². The number of para-hydroxylation sites is 1. The Morgan fingerprint density at radius 1 is 1.31 bits per heavy atom. The van der Waals surface area contributed by atoms with Crippen molar-refractivity contribution in [2.24, 2.45) is 5.92 Å². The van der Waals surface area contributed by atoms with Crippen LogP contribution < -0.4 is 10.1 Å². The van der Waals surface area contributed by atoms with E-state index in [1.54, 1.807) is 6.07 Å². The summed E-state index contributed by atoms with van der Waals surface area (Å²) < 4.78 is 19.0. The molecule has 1 aliphatic rings. The highest BCUT2D eigenvalue weighted by molar-refractivity contribution is 5.79. The van der Waals surface area contributed by atoms with Gasteiger partial charge in [-0.05, 0) is 42.7 Å². The van der Waals surface area contributed by atoms with Crippen molar-refractivity contribution in [3.63, 3.8) is 0 Å². The van der Waals surface area contributed by atoms with Gasteiger partial charge in [0.05, 0.1) is 17.6 Å². The fraction of sp³-hybridized carbons (Fsp3) is 0.300. The zero-order valence-corrected chi connectivity index (χ0v) is 14.3. The van der Waals surface area contributed by atoms with Gasteiger partial charge in [-0.2, -0.15) is 0 Å². The molecule has 0 fully saturated rings. The molecule has 1 aliphatic heterocycles. The van der Waals surface area contributed by atoms with Gasteiger partial charge in [0.25, 0.3) is 0 Å². The number of imidazole rings is 1. The van der Waals surface area contributed by atoms with Crippen molar-refractivity contribution in [3.05, 3.63) is 59.7 Å². The fourth-order valence-corrected chi connectivity index (χ4v) is 3.32. The number of nitrogens with zero attached hydrogens (tertiary/aromatic N) is 1. The zero-order chi connectivity index (χ0) is 17.9. The molecule has 0 spiro atoms. The standard InChI is InChI=1S/C20H20FN3O2/c21-15-5-6-16-17(12-15)24-19(23-16)7-9-22-20(25)14-8-10-26-18-4-2-1-3-13(18)11-14/h1-6,12,14H,7-11H2,(H,22,25)(H,23,24). The smallest absolute Gasteiger partial charge is 0.223 e. The maximum atomic E-state index is 13.2. The number of fused-ring (bicyclic) bond motifs is 2. The molecule has 1 atom stereocenters. The second-order valence-corrected chi connectivity index (χ2v) is 6.53. The van der Waals surface area contributed by atoms with E-state index >= 15 is 0 Å². The van der Waals surface area contributed by atoms with Crippen molar-refractivity contribution in [1.29, 1.82) is 0 Å². The average Bonchev–Trinajstić information content (AvgIpc) is 2.90. The highest BCUT2D eigenvalue weighted by atomic mass is 19.1. The van der Waals surface area contributed by atoms with Crippen molar-refractivity contribution in [3.8, 4) is 5.75 Å². The summed E-state index contributed by atoms with van der Waals surface area (Å²) in [7, 11) is 0. The predicted molar refractivity (Wildman–Crippen MR) is 96.5 cm³/mol. The molecule has 1 amide bonds. The van der Waals surface area contributed by atoms with Gasteiger partial charge in [0.2, 0.25) is 5.91 Å². The van der Waals surface area contributed by atoms with Crippen molar-refractivity contribution in [1.82, 2.24) is 15.3 Å². The number of carbonyl (C=O) groups excluding carboxylic acids is 1. The van der Waals surface area contributed by atoms with Gasteiger partial charge in [-0.1, -0.05) is 18.2 Å². The highest BCUT2D eigenvalue weighted by Gasteiger charge is 2.23. The minimum absolute atomic E-state index is 0.0347. The number of rotatable bonds is 4. The lowest BCUT2D eigenvalue weighted by molar-refractivity contribution is -0.125. The Labute approximate surface area is 150 Å². The number of hydrogen-bond donors (Lipinski definition) is 2. The van der Waals surface area contributed by atoms with Gasteiger partial charge >= 0.3 is 0 Å². The Balaban J connectivity index is 1.34. The lowest BCUT2D eigenvalue weighted by Gasteiger charge is -2.13. The summed E-state index contributed by atoms with van der Waals surface area (Å²) in [6.07, 6.45) is 1.96. The Morgan fingerprint density at radius 3 is 3.12 bits per heavy atom. The molecule has 5 nitrogen and oxygen atoms in total. The normalized spacial score (nSPS) is 16.6. The molecule has 6 heteroatoms. The lowest BCUT2D eigenvalue weighted by Crippen LogP contribution is -2.33. The first-order chi connectivity index (χ1) is 12.7. The molecule has 0 aliphatic carbocycles. The van der Waals surface area contributed by atoms with E-state index in [0.717, 1.165) is 22.7 Å². The number of ether oxygens (including phenoxy) is 1. The van der Waals surface area contributed by atoms with Crippen LogP contribution in [0.15, 0.2) is 42.5 Å².